The Bertz CT molecular complexity index is 734. The van der Waals surface area contributed by atoms with Gasteiger partial charge in [0.1, 0.15) is 12.4 Å². The Morgan fingerprint density at radius 3 is 3.00 bits per heavy atom. The van der Waals surface area contributed by atoms with Crippen LogP contribution in [0.3, 0.4) is 0 Å². The molecule has 4 heteroatoms. The van der Waals surface area contributed by atoms with Crippen molar-refractivity contribution in [3.63, 3.8) is 0 Å². The van der Waals surface area contributed by atoms with Crippen molar-refractivity contribution in [1.82, 2.24) is 5.32 Å². The average Bonchev–Trinajstić information content (AvgIpc) is 2.59. The van der Waals surface area contributed by atoms with E-state index in [1.54, 1.807) is 12.1 Å². The second kappa shape index (κ2) is 6.31. The first-order chi connectivity index (χ1) is 10.8. The molecule has 3 rings (SSSR count). The van der Waals surface area contributed by atoms with Crippen molar-refractivity contribution in [3.8, 4) is 11.8 Å². The van der Waals surface area contributed by atoms with E-state index in [-0.39, 0.29) is 11.8 Å². The molecule has 1 unspecified atom stereocenters. The van der Waals surface area contributed by atoms with Crippen LogP contribution in [0.15, 0.2) is 48.5 Å². The summed E-state index contributed by atoms with van der Waals surface area (Å²) in [6.07, 6.45) is 0.695. The van der Waals surface area contributed by atoms with E-state index in [0.717, 1.165) is 16.9 Å². The molecule has 110 valence electrons. The number of amides is 1. The largest absolute Gasteiger partial charge is 0.492 e. The molecule has 0 spiro atoms. The Morgan fingerprint density at radius 2 is 2.14 bits per heavy atom. The van der Waals surface area contributed by atoms with Gasteiger partial charge in [0.05, 0.1) is 17.6 Å². The van der Waals surface area contributed by atoms with Crippen LogP contribution in [0.5, 0.6) is 5.75 Å². The number of hydrogen-bond donors (Lipinski definition) is 1. The van der Waals surface area contributed by atoms with Gasteiger partial charge in [0, 0.05) is 6.54 Å². The summed E-state index contributed by atoms with van der Waals surface area (Å²) in [6.45, 7) is 0.827. The molecule has 0 aliphatic carbocycles. The molecule has 1 heterocycles. The van der Waals surface area contributed by atoms with Gasteiger partial charge in [0.25, 0.3) is 0 Å². The number of hydrogen-bond acceptors (Lipinski definition) is 3. The number of nitrogens with one attached hydrogen (secondary N) is 1. The van der Waals surface area contributed by atoms with Gasteiger partial charge in [0.2, 0.25) is 5.91 Å². The fourth-order valence-corrected chi connectivity index (χ4v) is 2.58. The molecule has 0 saturated heterocycles. The maximum Gasteiger partial charge on any atom is 0.227 e. The molecule has 0 bridgehead atoms. The minimum absolute atomic E-state index is 0.0168. The number of carbonyl (C=O) groups is 1. The van der Waals surface area contributed by atoms with Gasteiger partial charge in [-0.15, -0.1) is 0 Å². The molecule has 0 radical (unpaired) electrons. The van der Waals surface area contributed by atoms with E-state index in [0.29, 0.717) is 25.1 Å². The Hall–Kier alpha value is -2.80. The molecule has 1 atom stereocenters. The van der Waals surface area contributed by atoms with E-state index in [1.807, 2.05) is 36.4 Å². The van der Waals surface area contributed by atoms with Gasteiger partial charge in [-0.3, -0.25) is 4.79 Å². The van der Waals surface area contributed by atoms with Crippen LogP contribution in [0.1, 0.15) is 16.7 Å². The lowest BCUT2D eigenvalue weighted by Crippen LogP contribution is -2.37. The predicted octanol–water partition coefficient (Wildman–Crippen LogP) is 2.43. The third-order valence-corrected chi connectivity index (χ3v) is 3.77. The van der Waals surface area contributed by atoms with Crippen LogP contribution >= 0.6 is 0 Å². The average molecular weight is 292 g/mol. The zero-order valence-corrected chi connectivity index (χ0v) is 12.1. The van der Waals surface area contributed by atoms with Crippen molar-refractivity contribution in [3.05, 3.63) is 65.2 Å². The fourth-order valence-electron chi connectivity index (χ4n) is 2.58. The van der Waals surface area contributed by atoms with Gasteiger partial charge in [0.15, 0.2) is 0 Å². The van der Waals surface area contributed by atoms with Crippen molar-refractivity contribution >= 4 is 5.91 Å². The van der Waals surface area contributed by atoms with Gasteiger partial charge in [-0.25, -0.2) is 0 Å². The second-order valence-corrected chi connectivity index (χ2v) is 5.35. The predicted molar refractivity (Wildman–Crippen MR) is 82.1 cm³/mol. The number of rotatable bonds is 3. The van der Waals surface area contributed by atoms with Crippen LogP contribution in [0.4, 0.5) is 0 Å². The third-order valence-electron chi connectivity index (χ3n) is 3.77. The zero-order chi connectivity index (χ0) is 15.4. The molecule has 1 aliphatic rings. The molecular weight excluding hydrogens is 276 g/mol. The molecule has 1 aliphatic heterocycles. The summed E-state index contributed by atoms with van der Waals surface area (Å²) in [5.41, 5.74) is 2.59. The maximum absolute atomic E-state index is 12.3. The van der Waals surface area contributed by atoms with Crippen LogP contribution in [0, 0.1) is 17.2 Å². The SMILES string of the molecule is N#Cc1cccc(CNC(=O)C2COc3ccccc3C2)c1. The summed E-state index contributed by atoms with van der Waals surface area (Å²) in [5.74, 6) is 0.680. The number of fused-ring (bicyclic) bond motifs is 1. The molecule has 0 fully saturated rings. The number of ether oxygens (including phenoxy) is 1. The van der Waals surface area contributed by atoms with Crippen LogP contribution in [0.25, 0.3) is 0 Å². The molecule has 0 aromatic heterocycles. The Morgan fingerprint density at radius 1 is 1.27 bits per heavy atom. The van der Waals surface area contributed by atoms with Crippen LogP contribution in [-0.2, 0) is 17.8 Å². The normalized spacial score (nSPS) is 16.0. The molecule has 1 N–H and O–H groups in total. The summed E-state index contributed by atoms with van der Waals surface area (Å²) in [5, 5.41) is 11.8. The molecule has 2 aromatic rings. The molecule has 4 nitrogen and oxygen atoms in total. The number of nitriles is 1. The number of benzene rings is 2. The van der Waals surface area contributed by atoms with Gasteiger partial charge >= 0.3 is 0 Å². The monoisotopic (exact) mass is 292 g/mol. The highest BCUT2D eigenvalue weighted by Gasteiger charge is 2.25. The van der Waals surface area contributed by atoms with Crippen molar-refractivity contribution in [2.24, 2.45) is 5.92 Å². The van der Waals surface area contributed by atoms with E-state index in [1.165, 1.54) is 0 Å². The summed E-state index contributed by atoms with van der Waals surface area (Å²) in [4.78, 5) is 12.3. The second-order valence-electron chi connectivity index (χ2n) is 5.35. The lowest BCUT2D eigenvalue weighted by atomic mass is 9.96. The highest BCUT2D eigenvalue weighted by molar-refractivity contribution is 5.79. The minimum atomic E-state index is -0.172. The van der Waals surface area contributed by atoms with Crippen molar-refractivity contribution in [2.75, 3.05) is 6.61 Å². The smallest absolute Gasteiger partial charge is 0.227 e. The van der Waals surface area contributed by atoms with Crippen molar-refractivity contribution in [1.29, 1.82) is 5.26 Å². The van der Waals surface area contributed by atoms with Gasteiger partial charge < -0.3 is 10.1 Å². The molecule has 22 heavy (non-hydrogen) atoms. The van der Waals surface area contributed by atoms with Crippen molar-refractivity contribution < 1.29 is 9.53 Å². The summed E-state index contributed by atoms with van der Waals surface area (Å²) in [7, 11) is 0. The van der Waals surface area contributed by atoms with E-state index >= 15 is 0 Å². The lowest BCUT2D eigenvalue weighted by Gasteiger charge is -2.24. The van der Waals surface area contributed by atoms with Gasteiger partial charge in [-0.05, 0) is 35.7 Å². The van der Waals surface area contributed by atoms with E-state index in [4.69, 9.17) is 10.00 Å². The minimum Gasteiger partial charge on any atom is -0.492 e. The van der Waals surface area contributed by atoms with E-state index < -0.39 is 0 Å². The summed E-state index contributed by atoms with van der Waals surface area (Å²) < 4.78 is 5.64. The Balaban J connectivity index is 1.60. The Labute approximate surface area is 129 Å². The van der Waals surface area contributed by atoms with Crippen molar-refractivity contribution in [2.45, 2.75) is 13.0 Å². The van der Waals surface area contributed by atoms with E-state index in [2.05, 4.69) is 11.4 Å². The van der Waals surface area contributed by atoms with Gasteiger partial charge in [-0.2, -0.15) is 5.26 Å². The standard InChI is InChI=1S/C18H16N2O2/c19-10-13-4-3-5-14(8-13)11-20-18(21)16-9-15-6-1-2-7-17(15)22-12-16/h1-8,16H,9,11-12H2,(H,20,21). The quantitative estimate of drug-likeness (QED) is 0.945. The topological polar surface area (TPSA) is 62.1 Å². The van der Waals surface area contributed by atoms with Crippen LogP contribution < -0.4 is 10.1 Å². The lowest BCUT2D eigenvalue weighted by molar-refractivity contribution is -0.126. The van der Waals surface area contributed by atoms with E-state index in [9.17, 15) is 4.79 Å². The first-order valence-electron chi connectivity index (χ1n) is 7.24. The fraction of sp³-hybridized carbons (Fsp3) is 0.222. The summed E-state index contributed by atoms with van der Waals surface area (Å²) >= 11 is 0. The first kappa shape index (κ1) is 14.2. The number of carbonyl (C=O) groups excluding carboxylic acids is 1. The maximum atomic E-state index is 12.3. The Kier molecular flexibility index (Phi) is 4.06. The highest BCUT2D eigenvalue weighted by atomic mass is 16.5. The summed E-state index contributed by atoms with van der Waals surface area (Å²) in [6, 6.07) is 17.1. The first-order valence-corrected chi connectivity index (χ1v) is 7.24. The highest BCUT2D eigenvalue weighted by Crippen LogP contribution is 2.26. The molecule has 0 saturated carbocycles. The van der Waals surface area contributed by atoms with Gasteiger partial charge in [-0.1, -0.05) is 30.3 Å². The molecule has 2 aromatic carbocycles. The molecule has 1 amide bonds. The number of para-hydroxylation sites is 1. The van der Waals surface area contributed by atoms with Crippen LogP contribution in [0.2, 0.25) is 0 Å². The third kappa shape index (κ3) is 3.09. The zero-order valence-electron chi connectivity index (χ0n) is 12.1. The molecular formula is C18H16N2O2. The number of nitrogens with zero attached hydrogens (tertiary/aromatic N) is 1. The van der Waals surface area contributed by atoms with Crippen LogP contribution in [-0.4, -0.2) is 12.5 Å².